The van der Waals surface area contributed by atoms with Crippen LogP contribution in [0.1, 0.15) is 17.8 Å². The van der Waals surface area contributed by atoms with Crippen molar-refractivity contribution in [2.45, 2.75) is 25.0 Å². The first-order valence-electron chi connectivity index (χ1n) is 7.82. The molecule has 1 N–H and O–H groups in total. The fourth-order valence-electron chi connectivity index (χ4n) is 2.38. The Morgan fingerprint density at radius 1 is 1.17 bits per heavy atom. The number of hydroxylamine groups is 2. The molecule has 1 aliphatic heterocycles. The van der Waals surface area contributed by atoms with Gasteiger partial charge >= 0.3 is 5.97 Å². The van der Waals surface area contributed by atoms with Gasteiger partial charge in [-0.3, -0.25) is 14.1 Å². The molecule has 2 heterocycles. The van der Waals surface area contributed by atoms with Gasteiger partial charge in [-0.25, -0.2) is 4.79 Å². The molecule has 14 heteroatoms. The molecule has 3 rings (SSSR count). The average Bonchev–Trinajstić information content (AvgIpc) is 2.91. The van der Waals surface area contributed by atoms with E-state index in [1.165, 1.54) is 0 Å². The van der Waals surface area contributed by atoms with Crippen molar-refractivity contribution in [2.75, 3.05) is 0 Å². The van der Waals surface area contributed by atoms with E-state index in [4.69, 9.17) is 4.55 Å². The molecule has 1 radical (unpaired) electrons. The van der Waals surface area contributed by atoms with Crippen molar-refractivity contribution in [3.8, 4) is 11.4 Å². The van der Waals surface area contributed by atoms with Crippen molar-refractivity contribution in [2.24, 2.45) is 0 Å². The summed E-state index contributed by atoms with van der Waals surface area (Å²) in [5.41, 5.74) is 1.10. The molecule has 147 valence electrons. The Hall–Kier alpha value is -2.32. The first-order chi connectivity index (χ1) is 13.1. The van der Waals surface area contributed by atoms with E-state index >= 15 is 0 Å². The number of aromatic nitrogens is 4. The number of imide groups is 1. The van der Waals surface area contributed by atoms with Crippen LogP contribution in [0.5, 0.6) is 0 Å². The van der Waals surface area contributed by atoms with Gasteiger partial charge in [0.1, 0.15) is 0 Å². The van der Waals surface area contributed by atoms with E-state index < -0.39 is 39.6 Å². The van der Waals surface area contributed by atoms with Gasteiger partial charge in [0.2, 0.25) is 5.82 Å². The quantitative estimate of drug-likeness (QED) is 0.346. The van der Waals surface area contributed by atoms with E-state index in [1.54, 1.807) is 31.2 Å². The Morgan fingerprint density at radius 3 is 2.28 bits per heavy atom. The van der Waals surface area contributed by atoms with Crippen LogP contribution in [-0.4, -0.2) is 91.0 Å². The van der Waals surface area contributed by atoms with Crippen molar-refractivity contribution in [3.05, 3.63) is 35.7 Å². The zero-order chi connectivity index (χ0) is 20.5. The zero-order valence-corrected chi connectivity index (χ0v) is 18.2. The van der Waals surface area contributed by atoms with Gasteiger partial charge in [0.25, 0.3) is 21.9 Å². The predicted molar refractivity (Wildman–Crippen MR) is 95.2 cm³/mol. The zero-order valence-electron chi connectivity index (χ0n) is 15.3. The molecule has 1 aromatic carbocycles. The number of aryl methyl sites for hydroxylation is 1. The molecule has 2 amide bonds. The summed E-state index contributed by atoms with van der Waals surface area (Å²) in [6.45, 7) is 1.65. The third-order valence-electron chi connectivity index (χ3n) is 3.75. The van der Waals surface area contributed by atoms with E-state index in [2.05, 4.69) is 25.2 Å². The van der Waals surface area contributed by atoms with Gasteiger partial charge in [-0.05, 0) is 12.5 Å². The number of carbonyl (C=O) groups is 3. The molecule has 1 saturated heterocycles. The number of hydrogen-bond donors (Lipinski definition) is 1. The summed E-state index contributed by atoms with van der Waals surface area (Å²) in [6, 6.07) is 6.40. The predicted octanol–water partition coefficient (Wildman–Crippen LogP) is -1.12. The van der Waals surface area contributed by atoms with E-state index in [1.807, 2.05) is 0 Å². The number of benzene rings is 1. The SMILES string of the molecule is Cc1nnc(-c2ccc(CC(=O)ON3C(=O)CC(S(=O)(=O)O)C3=O)cc2)nn1.[Na]. The number of carbonyl (C=O) groups excluding carboxylic acids is 3. The molecule has 1 fully saturated rings. The Kier molecular flexibility index (Phi) is 7.13. The molecule has 1 atom stereocenters. The fourth-order valence-corrected chi connectivity index (χ4v) is 3.08. The second-order valence-corrected chi connectivity index (χ2v) is 7.44. The number of hydrogen-bond acceptors (Lipinski definition) is 10. The Bertz CT molecular complexity index is 1040. The van der Waals surface area contributed by atoms with Gasteiger partial charge in [-0.2, -0.15) is 8.42 Å². The molecular weight excluding hydrogens is 417 g/mol. The monoisotopic (exact) mass is 430 g/mol. The summed E-state index contributed by atoms with van der Waals surface area (Å²) < 4.78 is 31.1. The minimum Gasteiger partial charge on any atom is -0.330 e. The summed E-state index contributed by atoms with van der Waals surface area (Å²) in [4.78, 5) is 40.2. The first-order valence-corrected chi connectivity index (χ1v) is 9.32. The van der Waals surface area contributed by atoms with Crippen LogP contribution in [0.2, 0.25) is 0 Å². The van der Waals surface area contributed by atoms with Crippen LogP contribution < -0.4 is 0 Å². The van der Waals surface area contributed by atoms with Gasteiger partial charge in [-0.15, -0.1) is 25.5 Å². The van der Waals surface area contributed by atoms with Crippen LogP contribution in [-0.2, 0) is 35.8 Å². The van der Waals surface area contributed by atoms with E-state index in [-0.39, 0.29) is 41.0 Å². The Morgan fingerprint density at radius 2 is 1.76 bits per heavy atom. The molecule has 0 spiro atoms. The Balaban J connectivity index is 0.00000300. The number of rotatable bonds is 5. The van der Waals surface area contributed by atoms with Gasteiger partial charge in [0, 0.05) is 35.1 Å². The molecule has 0 saturated carbocycles. The standard InChI is InChI=1S/C15H13N5O7S.Na/c1-8-16-18-14(19-17-8)10-4-2-9(3-5-10)6-13(22)27-20-12(21)7-11(15(20)23)28(24,25)26;/h2-5,11H,6-7H2,1H3,(H,24,25,26);. The van der Waals surface area contributed by atoms with Crippen molar-refractivity contribution >= 4 is 57.5 Å². The number of amides is 2. The molecular formula is C15H13N5NaO7S. The van der Waals surface area contributed by atoms with Crippen LogP contribution in [0.4, 0.5) is 0 Å². The van der Waals surface area contributed by atoms with Crippen LogP contribution in [0.25, 0.3) is 11.4 Å². The molecule has 29 heavy (non-hydrogen) atoms. The van der Waals surface area contributed by atoms with Gasteiger partial charge in [0.15, 0.2) is 11.1 Å². The van der Waals surface area contributed by atoms with Crippen molar-refractivity contribution < 1.29 is 32.2 Å². The smallest absolute Gasteiger partial charge is 0.330 e. The molecule has 2 aromatic rings. The first kappa shape index (κ1) is 23.0. The molecule has 12 nitrogen and oxygen atoms in total. The maximum atomic E-state index is 12.0. The fraction of sp³-hybridized carbons (Fsp3) is 0.267. The van der Waals surface area contributed by atoms with Crippen LogP contribution in [0, 0.1) is 6.92 Å². The third-order valence-corrected chi connectivity index (χ3v) is 4.84. The maximum Gasteiger partial charge on any atom is 0.337 e. The average molecular weight is 430 g/mol. The Labute approximate surface area is 186 Å². The molecule has 1 aromatic heterocycles. The second-order valence-electron chi connectivity index (χ2n) is 5.84. The normalized spacial score (nSPS) is 16.5. The van der Waals surface area contributed by atoms with Gasteiger partial charge in [-0.1, -0.05) is 24.3 Å². The largest absolute Gasteiger partial charge is 0.337 e. The van der Waals surface area contributed by atoms with Crippen LogP contribution >= 0.6 is 0 Å². The van der Waals surface area contributed by atoms with Crippen molar-refractivity contribution in [1.29, 1.82) is 0 Å². The van der Waals surface area contributed by atoms with E-state index in [9.17, 15) is 22.8 Å². The van der Waals surface area contributed by atoms with Crippen molar-refractivity contribution in [1.82, 2.24) is 25.5 Å². The summed E-state index contributed by atoms with van der Waals surface area (Å²) in [6.07, 6.45) is -1.09. The molecule has 1 aliphatic rings. The van der Waals surface area contributed by atoms with Crippen molar-refractivity contribution in [3.63, 3.8) is 0 Å². The van der Waals surface area contributed by atoms with E-state index in [0.717, 1.165) is 0 Å². The summed E-state index contributed by atoms with van der Waals surface area (Å²) >= 11 is 0. The second kappa shape index (κ2) is 9.00. The van der Waals surface area contributed by atoms with E-state index in [0.29, 0.717) is 22.8 Å². The topological polar surface area (TPSA) is 170 Å². The maximum absolute atomic E-state index is 12.0. The summed E-state index contributed by atoms with van der Waals surface area (Å²) in [5.74, 6) is -2.59. The summed E-state index contributed by atoms with van der Waals surface area (Å²) in [7, 11) is -4.77. The number of nitrogens with zero attached hydrogens (tertiary/aromatic N) is 5. The molecule has 1 unspecified atom stereocenters. The van der Waals surface area contributed by atoms with Gasteiger partial charge in [0.05, 0.1) is 12.8 Å². The van der Waals surface area contributed by atoms with Crippen LogP contribution in [0.15, 0.2) is 24.3 Å². The van der Waals surface area contributed by atoms with Gasteiger partial charge < -0.3 is 4.84 Å². The minimum absolute atomic E-state index is 0. The minimum atomic E-state index is -4.77. The summed E-state index contributed by atoms with van der Waals surface area (Å²) in [5, 5.41) is 13.4. The molecule has 0 aliphatic carbocycles. The van der Waals surface area contributed by atoms with Crippen LogP contribution in [0.3, 0.4) is 0 Å². The molecule has 0 bridgehead atoms. The third kappa shape index (κ3) is 5.39.